The summed E-state index contributed by atoms with van der Waals surface area (Å²) in [7, 11) is 0. The maximum Gasteiger partial charge on any atom is 0.183 e. The molecular formula is C17H16N2OS2. The predicted molar refractivity (Wildman–Crippen MR) is 93.5 cm³/mol. The molecule has 1 aromatic heterocycles. The summed E-state index contributed by atoms with van der Waals surface area (Å²) >= 11 is 0.234. The molecule has 112 valence electrons. The Hall–Kier alpha value is -1.82. The van der Waals surface area contributed by atoms with Gasteiger partial charge >= 0.3 is 0 Å². The molecule has 0 bridgehead atoms. The fourth-order valence-corrected chi connectivity index (χ4v) is 3.98. The molecule has 0 spiro atoms. The largest absolute Gasteiger partial charge is 0.588 e. The van der Waals surface area contributed by atoms with E-state index in [1.54, 1.807) is 0 Å². The van der Waals surface area contributed by atoms with Crippen molar-refractivity contribution >= 4 is 28.5 Å². The number of hydrogen-bond donors (Lipinski definition) is 1. The highest BCUT2D eigenvalue weighted by Crippen LogP contribution is 2.27. The molecule has 1 heterocycles. The molecule has 1 N–H and O–H groups in total. The van der Waals surface area contributed by atoms with Crippen LogP contribution in [0.4, 0.5) is 5.82 Å². The lowest BCUT2D eigenvalue weighted by molar-refractivity contribution is 0.599. The Labute approximate surface area is 137 Å². The van der Waals surface area contributed by atoms with Gasteiger partial charge in [0.05, 0.1) is 0 Å². The van der Waals surface area contributed by atoms with Crippen LogP contribution in [0, 0.1) is 13.8 Å². The van der Waals surface area contributed by atoms with Crippen LogP contribution in [-0.4, -0.2) is 9.54 Å². The van der Waals surface area contributed by atoms with E-state index in [9.17, 15) is 4.55 Å². The van der Waals surface area contributed by atoms with Gasteiger partial charge in [-0.15, -0.1) is 11.3 Å². The summed E-state index contributed by atoms with van der Waals surface area (Å²) in [5.41, 5.74) is 3.17. The molecule has 3 rings (SSSR count). The number of anilines is 1. The van der Waals surface area contributed by atoms with Gasteiger partial charge < -0.3 is 4.55 Å². The van der Waals surface area contributed by atoms with Crippen LogP contribution in [0.25, 0.3) is 10.6 Å². The Morgan fingerprint density at radius 3 is 2.64 bits per heavy atom. The molecule has 1 unspecified atom stereocenters. The lowest BCUT2D eigenvalue weighted by Gasteiger charge is -2.12. The van der Waals surface area contributed by atoms with E-state index in [2.05, 4.69) is 9.71 Å². The van der Waals surface area contributed by atoms with Crippen molar-refractivity contribution in [1.82, 2.24) is 4.98 Å². The first-order chi connectivity index (χ1) is 10.6. The van der Waals surface area contributed by atoms with Crippen molar-refractivity contribution in [1.29, 1.82) is 0 Å². The molecule has 0 aliphatic heterocycles. The Morgan fingerprint density at radius 2 is 1.86 bits per heavy atom. The van der Waals surface area contributed by atoms with E-state index in [0.717, 1.165) is 26.6 Å². The summed E-state index contributed by atoms with van der Waals surface area (Å²) in [6.45, 7) is 3.96. The second-order valence-electron chi connectivity index (χ2n) is 5.04. The van der Waals surface area contributed by atoms with E-state index in [1.807, 2.05) is 67.8 Å². The number of thiazole rings is 1. The third kappa shape index (κ3) is 3.32. The first kappa shape index (κ1) is 15.1. The number of aromatic nitrogens is 1. The van der Waals surface area contributed by atoms with Gasteiger partial charge in [0.15, 0.2) is 10.7 Å². The van der Waals surface area contributed by atoms with Gasteiger partial charge in [0.25, 0.3) is 0 Å². The number of nitrogens with zero attached hydrogens (tertiary/aromatic N) is 1. The minimum absolute atomic E-state index is 0.642. The molecule has 1 atom stereocenters. The molecule has 0 aliphatic carbocycles. The molecule has 2 aromatic carbocycles. The third-order valence-corrected chi connectivity index (χ3v) is 5.39. The smallest absolute Gasteiger partial charge is 0.183 e. The van der Waals surface area contributed by atoms with Crippen LogP contribution in [0.1, 0.15) is 11.1 Å². The van der Waals surface area contributed by atoms with Gasteiger partial charge in [-0.1, -0.05) is 42.5 Å². The molecule has 0 fully saturated rings. The first-order valence-electron chi connectivity index (χ1n) is 6.90. The fraction of sp³-hybridized carbons (Fsp3) is 0.118. The van der Waals surface area contributed by atoms with Gasteiger partial charge in [-0.05, 0) is 25.5 Å². The quantitative estimate of drug-likeness (QED) is 0.714. The maximum atomic E-state index is 12.5. The molecule has 3 nitrogen and oxygen atoms in total. The topological polar surface area (TPSA) is 48.0 Å². The monoisotopic (exact) mass is 328 g/mol. The molecule has 0 radical (unpaired) electrons. The highest BCUT2D eigenvalue weighted by atomic mass is 32.2. The summed E-state index contributed by atoms with van der Waals surface area (Å²) < 4.78 is 15.5. The molecule has 3 aromatic rings. The van der Waals surface area contributed by atoms with Gasteiger partial charge in [-0.25, -0.2) is 4.98 Å². The fourth-order valence-electron chi connectivity index (χ4n) is 2.09. The molecule has 0 saturated carbocycles. The summed E-state index contributed by atoms with van der Waals surface area (Å²) in [4.78, 5) is 5.31. The number of rotatable bonds is 4. The van der Waals surface area contributed by atoms with E-state index < -0.39 is 11.4 Å². The SMILES string of the molecule is Cc1ccc(C)c([S+]([O-])Nc2csc(-c3ccccc3)n2)c1. The van der Waals surface area contributed by atoms with Crippen molar-refractivity contribution in [3.05, 3.63) is 65.0 Å². The molecule has 0 amide bonds. The van der Waals surface area contributed by atoms with E-state index in [1.165, 1.54) is 11.3 Å². The van der Waals surface area contributed by atoms with Crippen molar-refractivity contribution in [2.75, 3.05) is 4.72 Å². The average molecular weight is 328 g/mol. The lowest BCUT2D eigenvalue weighted by Crippen LogP contribution is -2.14. The molecule has 5 heteroatoms. The lowest BCUT2D eigenvalue weighted by atomic mass is 10.2. The van der Waals surface area contributed by atoms with Gasteiger partial charge in [-0.3, -0.25) is 0 Å². The molecule has 0 aliphatic rings. The highest BCUT2D eigenvalue weighted by Gasteiger charge is 2.17. The van der Waals surface area contributed by atoms with Crippen LogP contribution >= 0.6 is 11.3 Å². The molecular weight excluding hydrogens is 312 g/mol. The van der Waals surface area contributed by atoms with Crippen LogP contribution in [0.5, 0.6) is 0 Å². The van der Waals surface area contributed by atoms with Gasteiger partial charge in [0, 0.05) is 16.5 Å². The standard InChI is InChI=1S/C17H16N2OS2/c1-12-8-9-13(2)15(10-12)22(20)19-16-11-21-17(18-16)14-6-4-3-5-7-14/h3-11,19H,1-2H3. The molecule has 22 heavy (non-hydrogen) atoms. The van der Waals surface area contributed by atoms with Crippen LogP contribution < -0.4 is 4.72 Å². The van der Waals surface area contributed by atoms with E-state index in [0.29, 0.717) is 5.82 Å². The Balaban J connectivity index is 1.79. The average Bonchev–Trinajstić information content (AvgIpc) is 2.99. The Kier molecular flexibility index (Phi) is 4.47. The second kappa shape index (κ2) is 6.52. The Morgan fingerprint density at radius 1 is 1.09 bits per heavy atom. The van der Waals surface area contributed by atoms with Crippen molar-refractivity contribution in [3.8, 4) is 10.6 Å². The van der Waals surface area contributed by atoms with Crippen LogP contribution in [0.15, 0.2) is 58.8 Å². The van der Waals surface area contributed by atoms with Gasteiger partial charge in [0.1, 0.15) is 16.4 Å². The van der Waals surface area contributed by atoms with Crippen LogP contribution in [-0.2, 0) is 11.4 Å². The maximum absolute atomic E-state index is 12.5. The zero-order chi connectivity index (χ0) is 15.5. The van der Waals surface area contributed by atoms with Gasteiger partial charge in [0.2, 0.25) is 0 Å². The summed E-state index contributed by atoms with van der Waals surface area (Å²) in [6.07, 6.45) is 0. The second-order valence-corrected chi connectivity index (χ2v) is 7.08. The normalized spacial score (nSPS) is 12.1. The number of hydrogen-bond acceptors (Lipinski definition) is 4. The summed E-state index contributed by atoms with van der Waals surface area (Å²) in [5.74, 6) is 0.642. The Bertz CT molecular complexity index is 771. The van der Waals surface area contributed by atoms with E-state index >= 15 is 0 Å². The first-order valence-corrected chi connectivity index (χ1v) is 8.93. The van der Waals surface area contributed by atoms with Crippen molar-refractivity contribution in [3.63, 3.8) is 0 Å². The zero-order valence-corrected chi connectivity index (χ0v) is 14.0. The number of nitrogens with one attached hydrogen (secondary N) is 1. The summed E-state index contributed by atoms with van der Waals surface area (Å²) in [5, 5.41) is 2.81. The zero-order valence-electron chi connectivity index (χ0n) is 12.4. The van der Waals surface area contributed by atoms with Crippen molar-refractivity contribution in [2.24, 2.45) is 0 Å². The van der Waals surface area contributed by atoms with Crippen LogP contribution in [0.3, 0.4) is 0 Å². The minimum atomic E-state index is -1.31. The minimum Gasteiger partial charge on any atom is -0.588 e. The van der Waals surface area contributed by atoms with Gasteiger partial charge in [-0.2, -0.15) is 4.72 Å². The number of benzene rings is 2. The van der Waals surface area contributed by atoms with Crippen LogP contribution in [0.2, 0.25) is 0 Å². The van der Waals surface area contributed by atoms with Crippen molar-refractivity contribution in [2.45, 2.75) is 18.7 Å². The molecule has 0 saturated heterocycles. The highest BCUT2D eigenvalue weighted by molar-refractivity contribution is 7.92. The third-order valence-electron chi connectivity index (χ3n) is 3.27. The van der Waals surface area contributed by atoms with E-state index in [-0.39, 0.29) is 0 Å². The number of aryl methyl sites for hydroxylation is 2. The predicted octanol–water partition coefficient (Wildman–Crippen LogP) is 4.56. The van der Waals surface area contributed by atoms with E-state index in [4.69, 9.17) is 0 Å². The van der Waals surface area contributed by atoms with Crippen molar-refractivity contribution < 1.29 is 4.55 Å². The summed E-state index contributed by atoms with van der Waals surface area (Å²) in [6, 6.07) is 15.9.